The van der Waals surface area contributed by atoms with Crippen molar-refractivity contribution >= 4 is 21.7 Å². The summed E-state index contributed by atoms with van der Waals surface area (Å²) in [5.41, 5.74) is 0. The van der Waals surface area contributed by atoms with Gasteiger partial charge in [0.25, 0.3) is 0 Å². The first-order chi connectivity index (χ1) is 6.83. The van der Waals surface area contributed by atoms with E-state index < -0.39 is 0 Å². The lowest BCUT2D eigenvalue weighted by Gasteiger charge is -2.23. The van der Waals surface area contributed by atoms with E-state index in [4.69, 9.17) is 4.74 Å². The van der Waals surface area contributed by atoms with Crippen molar-refractivity contribution in [3.63, 3.8) is 0 Å². The monoisotopic (exact) mass is 252 g/mol. The largest absolute Gasteiger partial charge is 0.494 e. The van der Waals surface area contributed by atoms with Crippen LogP contribution in [0.5, 0.6) is 0 Å². The van der Waals surface area contributed by atoms with Crippen LogP contribution in [0.4, 0.5) is 5.82 Å². The van der Waals surface area contributed by atoms with E-state index in [0.29, 0.717) is 6.04 Å². The van der Waals surface area contributed by atoms with Gasteiger partial charge in [-0.25, -0.2) is 4.98 Å². The zero-order chi connectivity index (χ0) is 9.54. The smallest absolute Gasteiger partial charge is 0.133 e. The van der Waals surface area contributed by atoms with E-state index in [1.54, 1.807) is 0 Å². The summed E-state index contributed by atoms with van der Waals surface area (Å²) in [7, 11) is 0. The molecule has 0 radical (unpaired) electrons. The van der Waals surface area contributed by atoms with Crippen molar-refractivity contribution in [1.29, 1.82) is 0 Å². The Kier molecular flexibility index (Phi) is 1.77. The Morgan fingerprint density at radius 2 is 2.43 bits per heavy atom. The van der Waals surface area contributed by atoms with Crippen LogP contribution in [0.25, 0.3) is 0 Å². The van der Waals surface area contributed by atoms with Gasteiger partial charge in [0.1, 0.15) is 18.2 Å². The molecule has 0 aliphatic carbocycles. The van der Waals surface area contributed by atoms with Gasteiger partial charge in [0, 0.05) is 23.3 Å². The summed E-state index contributed by atoms with van der Waals surface area (Å²) in [6, 6.07) is 4.48. The summed E-state index contributed by atoms with van der Waals surface area (Å²) in [4.78, 5) is 6.54. The lowest BCUT2D eigenvalue weighted by molar-refractivity contribution is 0.242. The maximum absolute atomic E-state index is 5.41. The normalized spacial score (nSPS) is 23.6. The van der Waals surface area contributed by atoms with E-state index in [-0.39, 0.29) is 0 Å². The lowest BCUT2D eigenvalue weighted by atomic mass is 10.2. The minimum Gasteiger partial charge on any atom is -0.494 e. The molecule has 2 aliphatic rings. The molecule has 2 bridgehead atoms. The highest BCUT2D eigenvalue weighted by molar-refractivity contribution is 9.10. The molecule has 1 saturated heterocycles. The molecule has 72 valence electrons. The standard InChI is InChI=1S/C10H9BrN2O/c11-7-1-2-10(12-4-7)13-5-9-3-8(13)6-14-9/h1-2,4-5,8H,3,6H2. The molecule has 1 fully saturated rings. The number of hydrogen-bond donors (Lipinski definition) is 0. The van der Waals surface area contributed by atoms with Crippen LogP contribution in [0.3, 0.4) is 0 Å². The first-order valence-corrected chi connectivity index (χ1v) is 5.35. The van der Waals surface area contributed by atoms with E-state index in [1.165, 1.54) is 0 Å². The van der Waals surface area contributed by atoms with Crippen LogP contribution in [-0.4, -0.2) is 17.6 Å². The molecule has 0 aromatic carbocycles. The summed E-state index contributed by atoms with van der Waals surface area (Å²) in [6.45, 7) is 0.795. The fourth-order valence-corrected chi connectivity index (χ4v) is 2.09. The molecule has 1 atom stereocenters. The van der Waals surface area contributed by atoms with Gasteiger partial charge in [-0.3, -0.25) is 0 Å². The predicted octanol–water partition coefficient (Wildman–Crippen LogP) is 2.29. The van der Waals surface area contributed by atoms with Crippen LogP contribution in [-0.2, 0) is 4.74 Å². The number of nitrogens with zero attached hydrogens (tertiary/aromatic N) is 2. The van der Waals surface area contributed by atoms with E-state index in [1.807, 2.05) is 24.5 Å². The summed E-state index contributed by atoms with van der Waals surface area (Å²) in [6.07, 6.45) is 4.89. The van der Waals surface area contributed by atoms with Crippen LogP contribution in [0.15, 0.2) is 34.8 Å². The zero-order valence-electron chi connectivity index (χ0n) is 7.48. The second-order valence-corrected chi connectivity index (χ2v) is 4.42. The van der Waals surface area contributed by atoms with Gasteiger partial charge in [-0.1, -0.05) is 0 Å². The zero-order valence-corrected chi connectivity index (χ0v) is 9.07. The summed E-state index contributed by atoms with van der Waals surface area (Å²) >= 11 is 3.37. The van der Waals surface area contributed by atoms with Crippen LogP contribution < -0.4 is 4.90 Å². The maximum Gasteiger partial charge on any atom is 0.133 e. The average molecular weight is 253 g/mol. The number of rotatable bonds is 1. The van der Waals surface area contributed by atoms with Crippen molar-refractivity contribution in [1.82, 2.24) is 4.98 Å². The molecule has 3 heterocycles. The molecule has 3 rings (SSSR count). The number of anilines is 1. The molecular weight excluding hydrogens is 244 g/mol. The Morgan fingerprint density at radius 3 is 3.00 bits per heavy atom. The fourth-order valence-electron chi connectivity index (χ4n) is 1.86. The van der Waals surface area contributed by atoms with E-state index >= 15 is 0 Å². The van der Waals surface area contributed by atoms with Gasteiger partial charge in [-0.2, -0.15) is 0 Å². The number of hydrogen-bond acceptors (Lipinski definition) is 3. The second-order valence-electron chi connectivity index (χ2n) is 3.51. The second kappa shape index (κ2) is 2.98. The topological polar surface area (TPSA) is 25.4 Å². The minimum absolute atomic E-state index is 0.457. The number of aromatic nitrogens is 1. The molecule has 0 spiro atoms. The molecule has 0 N–H and O–H groups in total. The molecular formula is C10H9BrN2O. The molecule has 1 unspecified atom stereocenters. The van der Waals surface area contributed by atoms with Crippen LogP contribution in [0, 0.1) is 0 Å². The van der Waals surface area contributed by atoms with Crippen molar-refractivity contribution in [2.45, 2.75) is 12.5 Å². The molecule has 4 heteroatoms. The third-order valence-electron chi connectivity index (χ3n) is 2.55. The Morgan fingerprint density at radius 1 is 1.50 bits per heavy atom. The fraction of sp³-hybridized carbons (Fsp3) is 0.300. The van der Waals surface area contributed by atoms with Gasteiger partial charge < -0.3 is 9.64 Å². The highest BCUT2D eigenvalue weighted by Crippen LogP contribution is 2.33. The molecule has 2 aliphatic heterocycles. The Balaban J connectivity index is 1.93. The van der Waals surface area contributed by atoms with Crippen molar-refractivity contribution in [3.8, 4) is 0 Å². The van der Waals surface area contributed by atoms with Crippen molar-refractivity contribution in [2.75, 3.05) is 11.5 Å². The Labute approximate surface area is 90.5 Å². The SMILES string of the molecule is Brc1ccc(N2C=C3CC2CO3)nc1. The Bertz CT molecular complexity index is 388. The number of pyridine rings is 1. The van der Waals surface area contributed by atoms with Gasteiger partial charge in [0.15, 0.2) is 0 Å². The molecule has 14 heavy (non-hydrogen) atoms. The van der Waals surface area contributed by atoms with Crippen molar-refractivity contribution in [2.24, 2.45) is 0 Å². The summed E-state index contributed by atoms with van der Waals surface area (Å²) in [5.74, 6) is 2.08. The van der Waals surface area contributed by atoms with Gasteiger partial charge in [-0.15, -0.1) is 0 Å². The van der Waals surface area contributed by atoms with Gasteiger partial charge >= 0.3 is 0 Å². The first-order valence-electron chi connectivity index (χ1n) is 4.56. The van der Waals surface area contributed by atoms with Crippen LogP contribution in [0.2, 0.25) is 0 Å². The van der Waals surface area contributed by atoms with E-state index in [0.717, 1.165) is 29.1 Å². The number of halogens is 1. The van der Waals surface area contributed by atoms with E-state index in [2.05, 4.69) is 25.8 Å². The third-order valence-corrected chi connectivity index (χ3v) is 3.02. The van der Waals surface area contributed by atoms with Gasteiger partial charge in [-0.05, 0) is 28.1 Å². The van der Waals surface area contributed by atoms with Crippen molar-refractivity contribution in [3.05, 3.63) is 34.8 Å². The molecule has 3 nitrogen and oxygen atoms in total. The molecule has 1 aromatic heterocycles. The van der Waals surface area contributed by atoms with Gasteiger partial charge in [0.2, 0.25) is 0 Å². The number of ether oxygens (including phenoxy) is 1. The molecule has 0 amide bonds. The highest BCUT2D eigenvalue weighted by Gasteiger charge is 2.33. The molecule has 1 aromatic rings. The quantitative estimate of drug-likeness (QED) is 0.767. The van der Waals surface area contributed by atoms with Gasteiger partial charge in [0.05, 0.1) is 6.04 Å². The lowest BCUT2D eigenvalue weighted by Crippen LogP contribution is -2.30. The van der Waals surface area contributed by atoms with Crippen LogP contribution >= 0.6 is 15.9 Å². The minimum atomic E-state index is 0.457. The summed E-state index contributed by atoms with van der Waals surface area (Å²) < 4.78 is 6.42. The number of fused-ring (bicyclic) bond motifs is 2. The third kappa shape index (κ3) is 1.21. The van der Waals surface area contributed by atoms with Crippen LogP contribution in [0.1, 0.15) is 6.42 Å². The predicted molar refractivity (Wildman–Crippen MR) is 56.9 cm³/mol. The first kappa shape index (κ1) is 8.29. The Hall–Kier alpha value is -1.03. The van der Waals surface area contributed by atoms with Crippen molar-refractivity contribution < 1.29 is 4.74 Å². The summed E-state index contributed by atoms with van der Waals surface area (Å²) in [5, 5.41) is 0. The van der Waals surface area contributed by atoms with E-state index in [9.17, 15) is 0 Å². The highest BCUT2D eigenvalue weighted by atomic mass is 79.9. The maximum atomic E-state index is 5.41. The molecule has 0 saturated carbocycles. The average Bonchev–Trinajstić information content (AvgIpc) is 2.80.